The number of halogens is 3. The van der Waals surface area contributed by atoms with Gasteiger partial charge in [0, 0.05) is 27.7 Å². The molecule has 10 heteroatoms. The summed E-state index contributed by atoms with van der Waals surface area (Å²) in [5.41, 5.74) is 1.86. The number of carbonyl (C=O) groups is 1. The van der Waals surface area contributed by atoms with Crippen molar-refractivity contribution in [2.75, 3.05) is 34.8 Å². The Hall–Kier alpha value is -2.63. The van der Waals surface area contributed by atoms with E-state index >= 15 is 0 Å². The van der Waals surface area contributed by atoms with E-state index in [4.69, 9.17) is 4.74 Å². The molecule has 7 nitrogen and oxygen atoms in total. The van der Waals surface area contributed by atoms with Crippen molar-refractivity contribution in [3.8, 4) is 11.5 Å². The lowest BCUT2D eigenvalue weighted by Crippen LogP contribution is -2.43. The van der Waals surface area contributed by atoms with Crippen LogP contribution in [0, 0.1) is 0 Å². The van der Waals surface area contributed by atoms with Crippen molar-refractivity contribution in [3.05, 3.63) is 59.7 Å². The molecule has 0 saturated carbocycles. The van der Waals surface area contributed by atoms with Gasteiger partial charge >= 0.3 is 6.61 Å². The molecule has 2 aromatic rings. The van der Waals surface area contributed by atoms with E-state index in [2.05, 4.69) is 15.0 Å². The highest BCUT2D eigenvalue weighted by Crippen LogP contribution is 2.16. The van der Waals surface area contributed by atoms with Gasteiger partial charge in [0.1, 0.15) is 11.5 Å². The second-order valence-electron chi connectivity index (χ2n) is 7.01. The Morgan fingerprint density at radius 3 is 2.09 bits per heavy atom. The lowest BCUT2D eigenvalue weighted by molar-refractivity contribution is -0.127. The Labute approximate surface area is 204 Å². The van der Waals surface area contributed by atoms with Gasteiger partial charge in [0.2, 0.25) is 5.91 Å². The second kappa shape index (κ2) is 13.7. The van der Waals surface area contributed by atoms with E-state index in [1.807, 2.05) is 36.2 Å². The molecule has 0 aromatic heterocycles. The first-order valence-corrected chi connectivity index (χ1v) is 9.64. The van der Waals surface area contributed by atoms with Gasteiger partial charge in [-0.2, -0.15) is 8.78 Å². The van der Waals surface area contributed by atoms with Crippen LogP contribution in [0.4, 0.5) is 8.78 Å². The Bertz CT molecular complexity index is 862. The van der Waals surface area contributed by atoms with Crippen LogP contribution in [0.2, 0.25) is 0 Å². The van der Waals surface area contributed by atoms with Crippen LogP contribution in [0.25, 0.3) is 0 Å². The Morgan fingerprint density at radius 2 is 1.56 bits per heavy atom. The highest BCUT2D eigenvalue weighted by Gasteiger charge is 2.11. The van der Waals surface area contributed by atoms with Crippen LogP contribution in [-0.4, -0.2) is 63.1 Å². The molecule has 1 amide bonds. The third kappa shape index (κ3) is 9.25. The molecule has 176 valence electrons. The number of hydrogen-bond acceptors (Lipinski definition) is 4. The Balaban J connectivity index is 0.00000512. The largest absolute Gasteiger partial charge is 0.497 e. The van der Waals surface area contributed by atoms with E-state index < -0.39 is 6.61 Å². The Kier molecular flexibility index (Phi) is 11.7. The number of alkyl halides is 2. The summed E-state index contributed by atoms with van der Waals surface area (Å²) in [7, 11) is 6.82. The fourth-order valence-corrected chi connectivity index (χ4v) is 2.65. The van der Waals surface area contributed by atoms with E-state index in [1.165, 1.54) is 17.0 Å². The lowest BCUT2D eigenvalue weighted by atomic mass is 10.2. The van der Waals surface area contributed by atoms with Gasteiger partial charge in [-0.15, -0.1) is 24.0 Å². The number of hydrogen-bond donors (Lipinski definition) is 1. The molecule has 1 N–H and O–H groups in total. The molecule has 0 saturated heterocycles. The van der Waals surface area contributed by atoms with Gasteiger partial charge in [0.05, 0.1) is 20.2 Å². The number of aliphatic imine (C=N–C) groups is 1. The quantitative estimate of drug-likeness (QED) is 0.288. The third-order valence-electron chi connectivity index (χ3n) is 4.40. The summed E-state index contributed by atoms with van der Waals surface area (Å²) >= 11 is 0. The summed E-state index contributed by atoms with van der Waals surface area (Å²) in [6.45, 7) is -1.89. The number of nitrogens with one attached hydrogen (secondary N) is 1. The van der Waals surface area contributed by atoms with E-state index in [0.29, 0.717) is 19.0 Å². The minimum Gasteiger partial charge on any atom is -0.497 e. The maximum atomic E-state index is 12.3. The van der Waals surface area contributed by atoms with Gasteiger partial charge in [0.25, 0.3) is 0 Å². The number of carbonyl (C=O) groups excluding carboxylic acids is 1. The first kappa shape index (κ1) is 27.4. The predicted octanol–water partition coefficient (Wildman–Crippen LogP) is 3.58. The zero-order valence-electron chi connectivity index (χ0n) is 18.5. The SMILES string of the molecule is COc1ccc(CN=C(NCC(=O)N(C)C)N(C)Cc2ccc(OC(F)F)cc2)cc1.I. The summed E-state index contributed by atoms with van der Waals surface area (Å²) in [5.74, 6) is 1.32. The van der Waals surface area contributed by atoms with Gasteiger partial charge < -0.3 is 24.6 Å². The van der Waals surface area contributed by atoms with Crippen LogP contribution < -0.4 is 14.8 Å². The number of benzene rings is 2. The molecular weight excluding hydrogens is 533 g/mol. The lowest BCUT2D eigenvalue weighted by Gasteiger charge is -2.23. The normalized spacial score (nSPS) is 10.9. The zero-order chi connectivity index (χ0) is 22.8. The van der Waals surface area contributed by atoms with Crippen molar-refractivity contribution in [1.82, 2.24) is 15.1 Å². The van der Waals surface area contributed by atoms with Crippen LogP contribution in [0.1, 0.15) is 11.1 Å². The monoisotopic (exact) mass is 562 g/mol. The third-order valence-corrected chi connectivity index (χ3v) is 4.40. The molecule has 0 atom stereocenters. The van der Waals surface area contributed by atoms with Crippen molar-refractivity contribution in [3.63, 3.8) is 0 Å². The van der Waals surface area contributed by atoms with Crippen LogP contribution in [0.3, 0.4) is 0 Å². The molecular formula is C22H29F2IN4O3. The van der Waals surface area contributed by atoms with E-state index in [0.717, 1.165) is 16.9 Å². The fourth-order valence-electron chi connectivity index (χ4n) is 2.65. The minimum absolute atomic E-state index is 0. The number of ether oxygens (including phenoxy) is 2. The molecule has 0 aliphatic heterocycles. The van der Waals surface area contributed by atoms with Gasteiger partial charge in [-0.3, -0.25) is 4.79 Å². The Morgan fingerprint density at radius 1 is 1.00 bits per heavy atom. The molecule has 0 radical (unpaired) electrons. The molecule has 32 heavy (non-hydrogen) atoms. The molecule has 0 heterocycles. The number of likely N-dealkylation sites (N-methyl/N-ethyl adjacent to an activating group) is 1. The minimum atomic E-state index is -2.86. The first-order chi connectivity index (χ1) is 14.8. The molecule has 0 aliphatic rings. The van der Waals surface area contributed by atoms with Gasteiger partial charge in [-0.05, 0) is 35.4 Å². The average Bonchev–Trinajstić information content (AvgIpc) is 2.74. The maximum absolute atomic E-state index is 12.3. The topological polar surface area (TPSA) is 66.4 Å². The van der Waals surface area contributed by atoms with Crippen LogP contribution in [0.15, 0.2) is 53.5 Å². The zero-order valence-corrected chi connectivity index (χ0v) is 20.9. The summed E-state index contributed by atoms with van der Waals surface area (Å²) < 4.78 is 34.2. The average molecular weight is 562 g/mol. The van der Waals surface area contributed by atoms with Crippen molar-refractivity contribution in [1.29, 1.82) is 0 Å². The molecule has 0 spiro atoms. The van der Waals surface area contributed by atoms with Crippen LogP contribution in [-0.2, 0) is 17.9 Å². The van der Waals surface area contributed by atoms with Crippen LogP contribution in [0.5, 0.6) is 11.5 Å². The standard InChI is InChI=1S/C22H28F2N4O3.HI/c1-27(2)20(29)14-26-22(25-13-16-5-9-18(30-4)10-6-16)28(3)15-17-7-11-19(12-8-17)31-21(23)24;/h5-12,21H,13-15H2,1-4H3,(H,25,26);1H. The van der Waals surface area contributed by atoms with E-state index in [1.54, 1.807) is 33.3 Å². The smallest absolute Gasteiger partial charge is 0.387 e. The summed E-state index contributed by atoms with van der Waals surface area (Å²) in [6, 6.07) is 14.0. The molecule has 2 aromatic carbocycles. The van der Waals surface area contributed by atoms with Gasteiger partial charge in [-0.25, -0.2) is 4.99 Å². The molecule has 0 unspecified atom stereocenters. The number of amides is 1. The fraction of sp³-hybridized carbons (Fsp3) is 0.364. The highest BCUT2D eigenvalue weighted by molar-refractivity contribution is 14.0. The molecule has 0 aliphatic carbocycles. The maximum Gasteiger partial charge on any atom is 0.387 e. The van der Waals surface area contributed by atoms with Gasteiger partial charge in [-0.1, -0.05) is 24.3 Å². The summed E-state index contributed by atoms with van der Waals surface area (Å²) in [6.07, 6.45) is 0. The number of nitrogens with zero attached hydrogens (tertiary/aromatic N) is 3. The van der Waals surface area contributed by atoms with Gasteiger partial charge in [0.15, 0.2) is 5.96 Å². The van der Waals surface area contributed by atoms with Crippen LogP contribution >= 0.6 is 24.0 Å². The second-order valence-corrected chi connectivity index (χ2v) is 7.01. The van der Waals surface area contributed by atoms with Crippen molar-refractivity contribution < 1.29 is 23.0 Å². The number of guanidine groups is 1. The number of methoxy groups -OCH3 is 1. The first-order valence-electron chi connectivity index (χ1n) is 9.64. The number of rotatable bonds is 9. The predicted molar refractivity (Wildman–Crippen MR) is 131 cm³/mol. The van der Waals surface area contributed by atoms with Crippen molar-refractivity contribution in [2.24, 2.45) is 4.99 Å². The molecule has 0 bridgehead atoms. The summed E-state index contributed by atoms with van der Waals surface area (Å²) in [4.78, 5) is 20.0. The molecule has 2 rings (SSSR count). The van der Waals surface area contributed by atoms with Crippen molar-refractivity contribution in [2.45, 2.75) is 19.7 Å². The van der Waals surface area contributed by atoms with E-state index in [-0.39, 0.29) is 42.2 Å². The highest BCUT2D eigenvalue weighted by atomic mass is 127. The summed E-state index contributed by atoms with van der Waals surface area (Å²) in [5, 5.41) is 3.09. The van der Waals surface area contributed by atoms with Crippen molar-refractivity contribution >= 4 is 35.8 Å². The van der Waals surface area contributed by atoms with E-state index in [9.17, 15) is 13.6 Å². The molecule has 0 fully saturated rings.